The first-order valence-corrected chi connectivity index (χ1v) is 8.05. The molecule has 0 aromatic carbocycles. The summed E-state index contributed by atoms with van der Waals surface area (Å²) in [5.41, 5.74) is 0. The number of hydrogen-bond acceptors (Lipinski definition) is 1. The van der Waals surface area contributed by atoms with Crippen LogP contribution in [0.4, 0.5) is 0 Å². The van der Waals surface area contributed by atoms with Gasteiger partial charge in [0.25, 0.3) is 0 Å². The van der Waals surface area contributed by atoms with Crippen molar-refractivity contribution in [2.75, 3.05) is 18.9 Å². The third kappa shape index (κ3) is 4.75. The van der Waals surface area contributed by atoms with Gasteiger partial charge >= 0.3 is 0 Å². The standard InChI is InChI=1S/C14H28BrN/c1-4-6-13(10-15)11-16(3)14-8-5-7-12(2)9-14/h12-14H,4-11H2,1-3H3. The van der Waals surface area contributed by atoms with Gasteiger partial charge in [-0.1, -0.05) is 49.0 Å². The van der Waals surface area contributed by atoms with Crippen molar-refractivity contribution in [1.29, 1.82) is 0 Å². The molecule has 0 aromatic rings. The summed E-state index contributed by atoms with van der Waals surface area (Å²) in [6.45, 7) is 5.98. The summed E-state index contributed by atoms with van der Waals surface area (Å²) in [6.07, 6.45) is 8.38. The summed E-state index contributed by atoms with van der Waals surface area (Å²) in [5, 5.41) is 1.16. The second-order valence-corrected chi connectivity index (χ2v) is 6.32. The number of hydrogen-bond donors (Lipinski definition) is 0. The third-order valence-electron chi connectivity index (χ3n) is 3.99. The summed E-state index contributed by atoms with van der Waals surface area (Å²) in [5.74, 6) is 1.78. The third-order valence-corrected chi connectivity index (χ3v) is 4.91. The molecular formula is C14H28BrN. The fourth-order valence-electron chi connectivity index (χ4n) is 2.98. The average molecular weight is 290 g/mol. The Morgan fingerprint density at radius 3 is 2.69 bits per heavy atom. The van der Waals surface area contributed by atoms with E-state index in [-0.39, 0.29) is 0 Å². The van der Waals surface area contributed by atoms with Gasteiger partial charge in [-0.05, 0) is 38.1 Å². The van der Waals surface area contributed by atoms with Crippen LogP contribution in [0.25, 0.3) is 0 Å². The minimum atomic E-state index is 0.840. The first-order chi connectivity index (χ1) is 7.67. The van der Waals surface area contributed by atoms with Crippen LogP contribution in [0.5, 0.6) is 0 Å². The van der Waals surface area contributed by atoms with Crippen molar-refractivity contribution in [3.63, 3.8) is 0 Å². The van der Waals surface area contributed by atoms with Gasteiger partial charge in [-0.2, -0.15) is 0 Å². The quantitative estimate of drug-likeness (QED) is 0.659. The molecule has 1 nitrogen and oxygen atoms in total. The van der Waals surface area contributed by atoms with Crippen LogP contribution in [-0.2, 0) is 0 Å². The fourth-order valence-corrected chi connectivity index (χ4v) is 3.51. The van der Waals surface area contributed by atoms with E-state index < -0.39 is 0 Å². The normalized spacial score (nSPS) is 28.3. The molecular weight excluding hydrogens is 262 g/mol. The predicted molar refractivity (Wildman–Crippen MR) is 76.2 cm³/mol. The van der Waals surface area contributed by atoms with Crippen LogP contribution in [0.1, 0.15) is 52.4 Å². The molecule has 1 rings (SSSR count). The molecule has 96 valence electrons. The van der Waals surface area contributed by atoms with Gasteiger partial charge in [-0.3, -0.25) is 0 Å². The highest BCUT2D eigenvalue weighted by atomic mass is 79.9. The van der Waals surface area contributed by atoms with Crippen molar-refractivity contribution < 1.29 is 0 Å². The van der Waals surface area contributed by atoms with E-state index in [0.29, 0.717) is 0 Å². The maximum atomic E-state index is 3.65. The number of nitrogens with zero attached hydrogens (tertiary/aromatic N) is 1. The largest absolute Gasteiger partial charge is 0.303 e. The van der Waals surface area contributed by atoms with Gasteiger partial charge in [0, 0.05) is 17.9 Å². The van der Waals surface area contributed by atoms with Crippen LogP contribution in [0, 0.1) is 11.8 Å². The van der Waals surface area contributed by atoms with Crippen LogP contribution in [0.3, 0.4) is 0 Å². The van der Waals surface area contributed by atoms with E-state index in [4.69, 9.17) is 0 Å². The average Bonchev–Trinajstić information content (AvgIpc) is 2.28. The van der Waals surface area contributed by atoms with Crippen LogP contribution < -0.4 is 0 Å². The number of halogens is 1. The van der Waals surface area contributed by atoms with Crippen LogP contribution in [0.2, 0.25) is 0 Å². The van der Waals surface area contributed by atoms with Crippen LogP contribution in [0.15, 0.2) is 0 Å². The van der Waals surface area contributed by atoms with Crippen molar-refractivity contribution >= 4 is 15.9 Å². The lowest BCUT2D eigenvalue weighted by atomic mass is 9.86. The minimum Gasteiger partial charge on any atom is -0.303 e. The number of alkyl halides is 1. The Labute approximate surface area is 110 Å². The van der Waals surface area contributed by atoms with Crippen LogP contribution >= 0.6 is 15.9 Å². The highest BCUT2D eigenvalue weighted by Gasteiger charge is 2.23. The Hall–Kier alpha value is 0.440. The highest BCUT2D eigenvalue weighted by molar-refractivity contribution is 9.09. The lowest BCUT2D eigenvalue weighted by molar-refractivity contribution is 0.146. The highest BCUT2D eigenvalue weighted by Crippen LogP contribution is 2.27. The Morgan fingerprint density at radius 1 is 1.38 bits per heavy atom. The first-order valence-electron chi connectivity index (χ1n) is 6.93. The molecule has 0 N–H and O–H groups in total. The molecule has 3 atom stereocenters. The molecule has 1 aliphatic rings. The second-order valence-electron chi connectivity index (χ2n) is 5.67. The van der Waals surface area contributed by atoms with Crippen molar-refractivity contribution in [3.05, 3.63) is 0 Å². The topological polar surface area (TPSA) is 3.24 Å². The molecule has 1 fully saturated rings. The molecule has 0 aliphatic heterocycles. The predicted octanol–water partition coefficient (Wildman–Crippen LogP) is 4.31. The van der Waals surface area contributed by atoms with Crippen molar-refractivity contribution in [2.45, 2.75) is 58.4 Å². The molecule has 1 aliphatic carbocycles. The van der Waals surface area contributed by atoms with Crippen LogP contribution in [-0.4, -0.2) is 29.9 Å². The molecule has 0 aromatic heterocycles. The lowest BCUT2D eigenvalue weighted by Crippen LogP contribution is -2.38. The summed E-state index contributed by atoms with van der Waals surface area (Å²) < 4.78 is 0. The number of rotatable bonds is 6. The Kier molecular flexibility index (Phi) is 6.98. The zero-order chi connectivity index (χ0) is 12.0. The minimum absolute atomic E-state index is 0.840. The summed E-state index contributed by atoms with van der Waals surface area (Å²) >= 11 is 3.65. The Morgan fingerprint density at radius 2 is 2.12 bits per heavy atom. The van der Waals surface area contributed by atoms with E-state index in [1.165, 1.54) is 45.1 Å². The van der Waals surface area contributed by atoms with E-state index in [2.05, 4.69) is 41.7 Å². The van der Waals surface area contributed by atoms with Gasteiger partial charge in [0.15, 0.2) is 0 Å². The van der Waals surface area contributed by atoms with Gasteiger partial charge in [-0.15, -0.1) is 0 Å². The molecule has 0 bridgehead atoms. The molecule has 1 saturated carbocycles. The van der Waals surface area contributed by atoms with Gasteiger partial charge in [0.2, 0.25) is 0 Å². The van der Waals surface area contributed by atoms with Crippen molar-refractivity contribution in [2.24, 2.45) is 11.8 Å². The Bertz CT molecular complexity index is 184. The van der Waals surface area contributed by atoms with E-state index in [9.17, 15) is 0 Å². The zero-order valence-electron chi connectivity index (χ0n) is 11.2. The van der Waals surface area contributed by atoms with E-state index in [1.807, 2.05) is 0 Å². The summed E-state index contributed by atoms with van der Waals surface area (Å²) in [4.78, 5) is 2.62. The van der Waals surface area contributed by atoms with Gasteiger partial charge in [0.1, 0.15) is 0 Å². The zero-order valence-corrected chi connectivity index (χ0v) is 12.8. The molecule has 0 radical (unpaired) electrons. The summed E-state index contributed by atoms with van der Waals surface area (Å²) in [6, 6.07) is 0.849. The molecule has 0 heterocycles. The van der Waals surface area contributed by atoms with Crippen molar-refractivity contribution in [3.8, 4) is 0 Å². The molecule has 0 amide bonds. The molecule has 0 saturated heterocycles. The molecule has 16 heavy (non-hydrogen) atoms. The maximum Gasteiger partial charge on any atom is 0.00948 e. The summed E-state index contributed by atoms with van der Waals surface area (Å²) in [7, 11) is 2.33. The lowest BCUT2D eigenvalue weighted by Gasteiger charge is -2.35. The second kappa shape index (κ2) is 7.71. The molecule has 3 unspecified atom stereocenters. The molecule has 0 spiro atoms. The first kappa shape index (κ1) is 14.5. The van der Waals surface area contributed by atoms with E-state index in [0.717, 1.165) is 23.2 Å². The smallest absolute Gasteiger partial charge is 0.00948 e. The van der Waals surface area contributed by atoms with Gasteiger partial charge < -0.3 is 4.90 Å². The van der Waals surface area contributed by atoms with E-state index >= 15 is 0 Å². The monoisotopic (exact) mass is 289 g/mol. The molecule has 2 heteroatoms. The fraction of sp³-hybridized carbons (Fsp3) is 1.00. The Balaban J connectivity index is 2.34. The van der Waals surface area contributed by atoms with Crippen molar-refractivity contribution in [1.82, 2.24) is 4.90 Å². The SMILES string of the molecule is CCCC(CBr)CN(C)C1CCCC(C)C1. The maximum absolute atomic E-state index is 3.65. The van der Waals surface area contributed by atoms with E-state index in [1.54, 1.807) is 0 Å². The van der Waals surface area contributed by atoms with Gasteiger partial charge in [-0.25, -0.2) is 0 Å². The van der Waals surface area contributed by atoms with Gasteiger partial charge in [0.05, 0.1) is 0 Å².